The van der Waals surface area contributed by atoms with Gasteiger partial charge >= 0.3 is 5.97 Å². The van der Waals surface area contributed by atoms with E-state index in [1.807, 2.05) is 20.8 Å². The van der Waals surface area contributed by atoms with Crippen LogP contribution in [0.15, 0.2) is 47.0 Å². The van der Waals surface area contributed by atoms with Gasteiger partial charge in [0.15, 0.2) is 18.1 Å². The van der Waals surface area contributed by atoms with Gasteiger partial charge in [0.2, 0.25) is 5.82 Å². The summed E-state index contributed by atoms with van der Waals surface area (Å²) in [5.41, 5.74) is 1.05. The number of hydrogen-bond donors (Lipinski definition) is 1. The van der Waals surface area contributed by atoms with Crippen molar-refractivity contribution < 1.29 is 33.1 Å². The molecule has 0 saturated carbocycles. The summed E-state index contributed by atoms with van der Waals surface area (Å²) in [4.78, 5) is 29.6. The van der Waals surface area contributed by atoms with Crippen molar-refractivity contribution >= 4 is 11.9 Å². The number of rotatable bonds is 11. The smallest absolute Gasteiger partial charge is 0.329 e. The third kappa shape index (κ3) is 6.50. The van der Waals surface area contributed by atoms with Gasteiger partial charge in [-0.05, 0) is 55.3 Å². The molecule has 10 nitrogen and oxygen atoms in total. The number of esters is 1. The van der Waals surface area contributed by atoms with Gasteiger partial charge < -0.3 is 28.8 Å². The van der Waals surface area contributed by atoms with Gasteiger partial charge in [0.05, 0.1) is 20.8 Å². The van der Waals surface area contributed by atoms with Crippen LogP contribution in [0.25, 0.3) is 11.4 Å². The molecule has 35 heavy (non-hydrogen) atoms. The van der Waals surface area contributed by atoms with Crippen LogP contribution in [0.3, 0.4) is 0 Å². The second kappa shape index (κ2) is 11.9. The molecule has 3 rings (SSSR count). The van der Waals surface area contributed by atoms with Crippen LogP contribution in [0.4, 0.5) is 0 Å². The van der Waals surface area contributed by atoms with Gasteiger partial charge in [0, 0.05) is 11.1 Å². The normalized spacial score (nSPS) is 11.6. The maximum Gasteiger partial charge on any atom is 0.329 e. The lowest BCUT2D eigenvalue weighted by atomic mass is 10.0. The molecule has 0 aliphatic rings. The van der Waals surface area contributed by atoms with Crippen molar-refractivity contribution in [2.45, 2.75) is 33.4 Å². The van der Waals surface area contributed by atoms with Crippen LogP contribution in [0.1, 0.15) is 37.0 Å². The number of benzene rings is 2. The monoisotopic (exact) mass is 483 g/mol. The molecule has 10 heteroatoms. The fourth-order valence-corrected chi connectivity index (χ4v) is 3.22. The first-order valence-electron chi connectivity index (χ1n) is 11.1. The summed E-state index contributed by atoms with van der Waals surface area (Å²) < 4.78 is 26.5. The molecule has 0 aliphatic heterocycles. The van der Waals surface area contributed by atoms with E-state index in [1.54, 1.807) is 49.6 Å². The number of carbonyl (C=O) groups excluding carboxylic acids is 2. The molecule has 3 aromatic rings. The van der Waals surface area contributed by atoms with Crippen LogP contribution in [0, 0.1) is 5.92 Å². The van der Waals surface area contributed by atoms with Crippen molar-refractivity contribution in [3.05, 3.63) is 53.9 Å². The van der Waals surface area contributed by atoms with Crippen LogP contribution < -0.4 is 19.5 Å². The standard InChI is InChI=1S/C25H29N3O7/c1-6-33-18-10-7-16(8-11-18)24(29)27-22(15(2)3)25(30)34-14-21-26-23(28-35-21)17-9-12-19(31-4)20(13-17)32-5/h7-13,15,22H,6,14H2,1-5H3,(H,27,29). The van der Waals surface area contributed by atoms with E-state index in [0.29, 0.717) is 40.8 Å². The van der Waals surface area contributed by atoms with E-state index in [1.165, 1.54) is 7.11 Å². The molecule has 186 valence electrons. The highest BCUT2D eigenvalue weighted by molar-refractivity contribution is 5.96. The Hall–Kier alpha value is -4.08. The molecule has 1 atom stereocenters. The lowest BCUT2D eigenvalue weighted by Crippen LogP contribution is -2.45. The Morgan fingerprint density at radius 2 is 1.74 bits per heavy atom. The molecular weight excluding hydrogens is 454 g/mol. The number of ether oxygens (including phenoxy) is 4. The van der Waals surface area contributed by atoms with Gasteiger partial charge in [0.25, 0.3) is 11.8 Å². The highest BCUT2D eigenvalue weighted by atomic mass is 16.6. The van der Waals surface area contributed by atoms with E-state index in [0.717, 1.165) is 0 Å². The summed E-state index contributed by atoms with van der Waals surface area (Å²) >= 11 is 0. The summed E-state index contributed by atoms with van der Waals surface area (Å²) in [5, 5.41) is 6.66. The Kier molecular flexibility index (Phi) is 8.66. The lowest BCUT2D eigenvalue weighted by molar-refractivity contribution is -0.149. The van der Waals surface area contributed by atoms with Crippen LogP contribution in [0.5, 0.6) is 17.2 Å². The summed E-state index contributed by atoms with van der Waals surface area (Å²) in [5.74, 6) is 0.967. The Bertz CT molecular complexity index is 1140. The van der Waals surface area contributed by atoms with Gasteiger partial charge in [-0.1, -0.05) is 19.0 Å². The van der Waals surface area contributed by atoms with E-state index in [9.17, 15) is 9.59 Å². The second-order valence-corrected chi connectivity index (χ2v) is 7.84. The molecule has 0 fully saturated rings. The predicted molar refractivity (Wildman–Crippen MR) is 126 cm³/mol. The minimum atomic E-state index is -0.859. The maximum absolute atomic E-state index is 12.7. The zero-order chi connectivity index (χ0) is 25.4. The van der Waals surface area contributed by atoms with E-state index in [-0.39, 0.29) is 18.4 Å². The SMILES string of the molecule is CCOc1ccc(C(=O)NC(C(=O)OCc2nc(-c3ccc(OC)c(OC)c3)no2)C(C)C)cc1. The number of methoxy groups -OCH3 is 2. The summed E-state index contributed by atoms with van der Waals surface area (Å²) in [6.07, 6.45) is 0. The van der Waals surface area contributed by atoms with Crippen molar-refractivity contribution in [3.63, 3.8) is 0 Å². The van der Waals surface area contributed by atoms with Crippen LogP contribution >= 0.6 is 0 Å². The summed E-state index contributed by atoms with van der Waals surface area (Å²) in [6.45, 7) is 5.80. The largest absolute Gasteiger partial charge is 0.494 e. The number of nitrogens with one attached hydrogen (secondary N) is 1. The van der Waals surface area contributed by atoms with Gasteiger partial charge in [-0.3, -0.25) is 4.79 Å². The van der Waals surface area contributed by atoms with E-state index in [4.69, 9.17) is 23.5 Å². The van der Waals surface area contributed by atoms with Crippen molar-refractivity contribution in [1.29, 1.82) is 0 Å². The summed E-state index contributed by atoms with van der Waals surface area (Å²) in [6, 6.07) is 11.0. The number of hydrogen-bond acceptors (Lipinski definition) is 9. The fraction of sp³-hybridized carbons (Fsp3) is 0.360. The molecule has 0 aliphatic carbocycles. The molecule has 1 unspecified atom stereocenters. The van der Waals surface area contributed by atoms with Crippen LogP contribution in [0.2, 0.25) is 0 Å². The van der Waals surface area contributed by atoms with E-state index >= 15 is 0 Å². The molecule has 2 aromatic carbocycles. The lowest BCUT2D eigenvalue weighted by Gasteiger charge is -2.20. The molecule has 1 amide bonds. The maximum atomic E-state index is 12.7. The second-order valence-electron chi connectivity index (χ2n) is 7.84. The zero-order valence-corrected chi connectivity index (χ0v) is 20.4. The van der Waals surface area contributed by atoms with Crippen LogP contribution in [-0.4, -0.2) is 48.9 Å². The van der Waals surface area contributed by atoms with Crippen molar-refractivity contribution in [2.24, 2.45) is 5.92 Å². The zero-order valence-electron chi connectivity index (χ0n) is 20.4. The first-order valence-corrected chi connectivity index (χ1v) is 11.1. The Balaban J connectivity index is 1.62. The predicted octanol–water partition coefficient (Wildman–Crippen LogP) is 3.65. The highest BCUT2D eigenvalue weighted by Gasteiger charge is 2.27. The van der Waals surface area contributed by atoms with Gasteiger partial charge in [-0.25, -0.2) is 4.79 Å². The Morgan fingerprint density at radius 3 is 2.37 bits per heavy atom. The molecule has 0 spiro atoms. The van der Waals surface area contributed by atoms with Gasteiger partial charge in [-0.15, -0.1) is 0 Å². The average Bonchev–Trinajstić information content (AvgIpc) is 3.34. The third-order valence-electron chi connectivity index (χ3n) is 5.08. The van der Waals surface area contributed by atoms with Crippen LogP contribution in [-0.2, 0) is 16.1 Å². The first-order chi connectivity index (χ1) is 16.9. The van der Waals surface area contributed by atoms with E-state index in [2.05, 4.69) is 15.5 Å². The topological polar surface area (TPSA) is 122 Å². The van der Waals surface area contributed by atoms with Crippen molar-refractivity contribution in [1.82, 2.24) is 15.5 Å². The number of carbonyl (C=O) groups is 2. The van der Waals surface area contributed by atoms with Crippen molar-refractivity contribution in [2.75, 3.05) is 20.8 Å². The summed E-state index contributed by atoms with van der Waals surface area (Å²) in [7, 11) is 3.08. The quantitative estimate of drug-likeness (QED) is 0.407. The highest BCUT2D eigenvalue weighted by Crippen LogP contribution is 2.31. The van der Waals surface area contributed by atoms with Gasteiger partial charge in [0.1, 0.15) is 11.8 Å². The van der Waals surface area contributed by atoms with Crippen molar-refractivity contribution in [3.8, 4) is 28.6 Å². The Labute approximate surface area is 203 Å². The third-order valence-corrected chi connectivity index (χ3v) is 5.08. The first kappa shape index (κ1) is 25.5. The molecule has 1 heterocycles. The minimum Gasteiger partial charge on any atom is -0.494 e. The fourth-order valence-electron chi connectivity index (χ4n) is 3.22. The molecular formula is C25H29N3O7. The Morgan fingerprint density at radius 1 is 1.03 bits per heavy atom. The molecule has 1 aromatic heterocycles. The number of aromatic nitrogens is 2. The van der Waals surface area contributed by atoms with Gasteiger partial charge in [-0.2, -0.15) is 4.98 Å². The molecule has 0 bridgehead atoms. The minimum absolute atomic E-state index is 0.114. The molecule has 0 radical (unpaired) electrons. The number of nitrogens with zero attached hydrogens (tertiary/aromatic N) is 2. The van der Waals surface area contributed by atoms with E-state index < -0.39 is 17.9 Å². The molecule has 0 saturated heterocycles. The molecule has 1 N–H and O–H groups in total. The average molecular weight is 484 g/mol. The number of amides is 1.